The van der Waals surface area contributed by atoms with Gasteiger partial charge in [0.1, 0.15) is 11.6 Å². The Bertz CT molecular complexity index is 1050. The van der Waals surface area contributed by atoms with Crippen LogP contribution in [0.2, 0.25) is 15.1 Å². The number of benzene rings is 2. The SMILES string of the molecule is CC1(C)C(/C=C(\Cl)C(F)(F)F)[C@H]1C(=O)OCc1c(Cl)ccc(-c2ccccc2Cl)c1Cl. The topological polar surface area (TPSA) is 26.3 Å². The second-order valence-corrected chi connectivity index (χ2v) is 9.41. The summed E-state index contributed by atoms with van der Waals surface area (Å²) in [5.41, 5.74) is 0.976. The van der Waals surface area contributed by atoms with Gasteiger partial charge >= 0.3 is 12.1 Å². The van der Waals surface area contributed by atoms with Gasteiger partial charge in [-0.1, -0.05) is 90.6 Å². The van der Waals surface area contributed by atoms with Gasteiger partial charge in [0.05, 0.1) is 10.9 Å². The molecule has 0 aliphatic heterocycles. The maximum atomic E-state index is 12.7. The average Bonchev–Trinajstić information content (AvgIpc) is 3.21. The van der Waals surface area contributed by atoms with E-state index in [4.69, 9.17) is 51.1 Å². The Morgan fingerprint density at radius 1 is 1.06 bits per heavy atom. The summed E-state index contributed by atoms with van der Waals surface area (Å²) in [6, 6.07) is 10.4. The van der Waals surface area contributed by atoms with Crippen molar-refractivity contribution in [1.29, 1.82) is 0 Å². The van der Waals surface area contributed by atoms with Crippen LogP contribution in [-0.4, -0.2) is 12.1 Å². The minimum atomic E-state index is -4.66. The van der Waals surface area contributed by atoms with Gasteiger partial charge < -0.3 is 4.74 Å². The maximum Gasteiger partial charge on any atom is 0.426 e. The van der Waals surface area contributed by atoms with Crippen molar-refractivity contribution in [1.82, 2.24) is 0 Å². The number of rotatable bonds is 5. The molecule has 2 nitrogen and oxygen atoms in total. The molecule has 2 aromatic rings. The molecule has 0 radical (unpaired) electrons. The molecule has 0 N–H and O–H groups in total. The first kappa shape index (κ1) is 24.2. The van der Waals surface area contributed by atoms with Crippen molar-refractivity contribution in [3.8, 4) is 11.1 Å². The van der Waals surface area contributed by atoms with Crippen LogP contribution in [-0.2, 0) is 16.1 Å². The fraction of sp³-hybridized carbons (Fsp3) is 0.318. The molecular weight excluding hydrogens is 495 g/mol. The van der Waals surface area contributed by atoms with E-state index in [-0.39, 0.29) is 11.6 Å². The lowest BCUT2D eigenvalue weighted by Crippen LogP contribution is -2.11. The van der Waals surface area contributed by atoms with E-state index in [1.807, 2.05) is 0 Å². The van der Waals surface area contributed by atoms with Crippen LogP contribution in [0.15, 0.2) is 47.5 Å². The fourth-order valence-corrected chi connectivity index (χ4v) is 4.50. The lowest BCUT2D eigenvalue weighted by molar-refractivity contribution is -0.147. The summed E-state index contributed by atoms with van der Waals surface area (Å²) in [4.78, 5) is 12.6. The first-order valence-electron chi connectivity index (χ1n) is 9.18. The highest BCUT2D eigenvalue weighted by Gasteiger charge is 2.62. The summed E-state index contributed by atoms with van der Waals surface area (Å²) >= 11 is 24.3. The number of carbonyl (C=O) groups excluding carboxylic acids is 1. The van der Waals surface area contributed by atoms with E-state index >= 15 is 0 Å². The smallest absolute Gasteiger partial charge is 0.426 e. The van der Waals surface area contributed by atoms with Crippen molar-refractivity contribution >= 4 is 52.4 Å². The monoisotopic (exact) mass is 510 g/mol. The molecule has 2 atom stereocenters. The van der Waals surface area contributed by atoms with Gasteiger partial charge in [-0.15, -0.1) is 0 Å². The standard InChI is InChI=1S/C22H17Cl4F3O2/c1-21(2)14(9-17(25)22(27,28)29)18(21)20(30)31-10-13-16(24)8-7-12(19(13)26)11-5-3-4-6-15(11)23/h3-9,14,18H,10H2,1-2H3/b17-9-/t14?,18-/m0/s1. The van der Waals surface area contributed by atoms with Crippen molar-refractivity contribution in [2.24, 2.45) is 17.3 Å². The van der Waals surface area contributed by atoms with Gasteiger partial charge in [0.15, 0.2) is 0 Å². The molecule has 1 saturated carbocycles. The second kappa shape index (κ2) is 8.86. The van der Waals surface area contributed by atoms with Gasteiger partial charge in [-0.25, -0.2) is 0 Å². The van der Waals surface area contributed by atoms with Crippen molar-refractivity contribution < 1.29 is 22.7 Å². The van der Waals surface area contributed by atoms with Crippen LogP contribution in [0.1, 0.15) is 19.4 Å². The number of alkyl halides is 3. The Morgan fingerprint density at radius 3 is 2.32 bits per heavy atom. The highest BCUT2D eigenvalue weighted by molar-refractivity contribution is 6.39. The molecule has 1 aliphatic carbocycles. The van der Waals surface area contributed by atoms with Crippen LogP contribution in [0.3, 0.4) is 0 Å². The van der Waals surface area contributed by atoms with Crippen LogP contribution in [0.25, 0.3) is 11.1 Å². The second-order valence-electron chi connectivity index (χ2n) is 7.81. The quantitative estimate of drug-likeness (QED) is 0.377. The molecule has 0 heterocycles. The van der Waals surface area contributed by atoms with Crippen LogP contribution in [0.5, 0.6) is 0 Å². The molecule has 0 saturated heterocycles. The van der Waals surface area contributed by atoms with Crippen LogP contribution in [0, 0.1) is 17.3 Å². The van der Waals surface area contributed by atoms with Gasteiger partial charge in [-0.2, -0.15) is 13.2 Å². The molecule has 1 unspecified atom stereocenters. The molecule has 0 spiro atoms. The number of esters is 1. The Balaban J connectivity index is 1.78. The van der Waals surface area contributed by atoms with E-state index in [1.165, 1.54) is 0 Å². The molecule has 0 amide bonds. The summed E-state index contributed by atoms with van der Waals surface area (Å²) < 4.78 is 43.6. The number of hydrogen-bond acceptors (Lipinski definition) is 2. The lowest BCUT2D eigenvalue weighted by atomic mass is 10.0. The van der Waals surface area contributed by atoms with Gasteiger partial charge in [0.25, 0.3) is 0 Å². The van der Waals surface area contributed by atoms with Crippen molar-refractivity contribution in [2.75, 3.05) is 0 Å². The first-order valence-corrected chi connectivity index (χ1v) is 10.7. The molecular formula is C22H17Cl4F3O2. The highest BCUT2D eigenvalue weighted by atomic mass is 35.5. The fourth-order valence-electron chi connectivity index (χ4n) is 3.54. The highest BCUT2D eigenvalue weighted by Crippen LogP contribution is 2.60. The third-order valence-corrected chi connectivity index (χ3v) is 6.93. The first-order chi connectivity index (χ1) is 14.4. The molecule has 166 valence electrons. The average molecular weight is 512 g/mol. The molecule has 2 aromatic carbocycles. The van der Waals surface area contributed by atoms with Gasteiger partial charge in [0.2, 0.25) is 0 Å². The summed E-state index contributed by atoms with van der Waals surface area (Å²) in [6.07, 6.45) is -3.79. The third-order valence-electron chi connectivity index (χ3n) is 5.47. The number of allylic oxidation sites excluding steroid dienone is 2. The summed E-state index contributed by atoms with van der Waals surface area (Å²) in [6.45, 7) is 3.13. The molecule has 3 rings (SSSR count). The summed E-state index contributed by atoms with van der Waals surface area (Å²) in [5, 5.41) is -0.190. The number of hydrogen-bond donors (Lipinski definition) is 0. The Hall–Kier alpha value is -1.40. The van der Waals surface area contributed by atoms with E-state index in [2.05, 4.69) is 0 Å². The Labute approximate surface area is 197 Å². The minimum Gasteiger partial charge on any atom is -0.460 e. The number of carbonyl (C=O) groups is 1. The molecule has 1 fully saturated rings. The van der Waals surface area contributed by atoms with Crippen molar-refractivity contribution in [3.05, 3.63) is 68.1 Å². The van der Waals surface area contributed by atoms with E-state index in [0.29, 0.717) is 26.7 Å². The zero-order chi connectivity index (χ0) is 23.1. The normalized spacial score (nSPS) is 20.5. The molecule has 1 aliphatic rings. The largest absolute Gasteiger partial charge is 0.460 e. The lowest BCUT2D eigenvalue weighted by Gasteiger charge is -2.13. The predicted molar refractivity (Wildman–Crippen MR) is 117 cm³/mol. The van der Waals surface area contributed by atoms with Gasteiger partial charge in [-0.05, 0) is 23.5 Å². The van der Waals surface area contributed by atoms with Gasteiger partial charge in [-0.3, -0.25) is 4.79 Å². The zero-order valence-electron chi connectivity index (χ0n) is 16.4. The minimum absolute atomic E-state index is 0.231. The third kappa shape index (κ3) is 5.00. The van der Waals surface area contributed by atoms with E-state index in [0.717, 1.165) is 6.08 Å². The predicted octanol–water partition coefficient (Wildman–Crippen LogP) is 8.31. The van der Waals surface area contributed by atoms with Crippen LogP contribution < -0.4 is 0 Å². The number of halogens is 7. The van der Waals surface area contributed by atoms with Crippen LogP contribution >= 0.6 is 46.4 Å². The Kier molecular flexibility index (Phi) is 6.93. The van der Waals surface area contributed by atoms with E-state index < -0.39 is 34.4 Å². The van der Waals surface area contributed by atoms with Crippen molar-refractivity contribution in [3.63, 3.8) is 0 Å². The molecule has 0 aromatic heterocycles. The van der Waals surface area contributed by atoms with Crippen molar-refractivity contribution in [2.45, 2.75) is 26.6 Å². The molecule has 31 heavy (non-hydrogen) atoms. The van der Waals surface area contributed by atoms with Gasteiger partial charge in [0, 0.05) is 26.7 Å². The molecule has 9 heteroatoms. The maximum absolute atomic E-state index is 12.7. The Morgan fingerprint density at radius 2 is 1.71 bits per heavy atom. The summed E-state index contributed by atoms with van der Waals surface area (Å²) in [7, 11) is 0. The summed E-state index contributed by atoms with van der Waals surface area (Å²) in [5.74, 6) is -2.09. The zero-order valence-corrected chi connectivity index (χ0v) is 19.4. The number of ether oxygens (including phenoxy) is 1. The van der Waals surface area contributed by atoms with E-state index in [9.17, 15) is 18.0 Å². The van der Waals surface area contributed by atoms with E-state index in [1.54, 1.807) is 50.2 Å². The van der Waals surface area contributed by atoms with Crippen LogP contribution in [0.4, 0.5) is 13.2 Å². The molecule has 0 bridgehead atoms.